The van der Waals surface area contributed by atoms with Crippen LogP contribution in [0.1, 0.15) is 45.5 Å². The Hall–Kier alpha value is -3.45. The molecule has 0 radical (unpaired) electrons. The summed E-state index contributed by atoms with van der Waals surface area (Å²) >= 11 is 0. The molecule has 0 aromatic heterocycles. The fourth-order valence-electron chi connectivity index (χ4n) is 7.34. The van der Waals surface area contributed by atoms with Crippen molar-refractivity contribution in [3.8, 4) is 34.8 Å². The van der Waals surface area contributed by atoms with Gasteiger partial charge in [0.25, 0.3) is 0 Å². The van der Waals surface area contributed by atoms with Gasteiger partial charge in [0.2, 0.25) is 6.79 Å². The van der Waals surface area contributed by atoms with Crippen LogP contribution < -0.4 is 18.9 Å². The summed E-state index contributed by atoms with van der Waals surface area (Å²) in [6.07, 6.45) is 2.83. The van der Waals surface area contributed by atoms with Gasteiger partial charge in [-0.05, 0) is 44.9 Å². The lowest BCUT2D eigenvalue weighted by atomic mass is 9.71. The van der Waals surface area contributed by atoms with Crippen LogP contribution >= 0.6 is 0 Å². The molecule has 2 aromatic rings. The quantitative estimate of drug-likeness (QED) is 0.576. The minimum atomic E-state index is -0.509. The minimum Gasteiger partial charge on any atom is -0.504 e. The van der Waals surface area contributed by atoms with E-state index in [2.05, 4.69) is 28.5 Å². The Labute approximate surface area is 222 Å². The molecular weight excluding hydrogens is 486 g/mol. The molecule has 5 atom stereocenters. The Morgan fingerprint density at radius 1 is 1.18 bits per heavy atom. The normalized spacial score (nSPS) is 27.1. The average molecular weight is 520 g/mol. The molecule has 0 aliphatic carbocycles. The van der Waals surface area contributed by atoms with Gasteiger partial charge in [0.05, 0.1) is 31.9 Å². The van der Waals surface area contributed by atoms with Crippen molar-refractivity contribution in [2.75, 3.05) is 34.2 Å². The number of fused-ring (bicyclic) bond motifs is 9. The van der Waals surface area contributed by atoms with Crippen molar-refractivity contribution in [1.29, 1.82) is 5.26 Å². The number of piperazine rings is 1. The second-order valence-electron chi connectivity index (χ2n) is 10.5. The molecule has 6 rings (SSSR count). The monoisotopic (exact) mass is 519 g/mol. The third-order valence-electron chi connectivity index (χ3n) is 8.78. The number of phenols is 1. The highest BCUT2D eigenvalue weighted by Gasteiger charge is 2.56. The molecule has 9 heteroatoms. The van der Waals surface area contributed by atoms with E-state index < -0.39 is 12.1 Å². The molecule has 1 fully saturated rings. The predicted octanol–water partition coefficient (Wildman–Crippen LogP) is 3.07. The second-order valence-corrected chi connectivity index (χ2v) is 10.5. The van der Waals surface area contributed by atoms with Gasteiger partial charge in [-0.15, -0.1) is 0 Å². The molecule has 200 valence electrons. The van der Waals surface area contributed by atoms with Crippen molar-refractivity contribution in [2.45, 2.75) is 56.9 Å². The van der Waals surface area contributed by atoms with Gasteiger partial charge in [-0.25, -0.2) is 0 Å². The molecule has 2 bridgehead atoms. The summed E-state index contributed by atoms with van der Waals surface area (Å²) < 4.78 is 23.6. The lowest BCUT2D eigenvalue weighted by Crippen LogP contribution is -2.68. The molecule has 9 nitrogen and oxygen atoms in total. The summed E-state index contributed by atoms with van der Waals surface area (Å²) in [5, 5.41) is 32.8. The highest BCUT2D eigenvalue weighted by molar-refractivity contribution is 5.66. The van der Waals surface area contributed by atoms with Gasteiger partial charge < -0.3 is 29.2 Å². The zero-order valence-corrected chi connectivity index (χ0v) is 22.2. The van der Waals surface area contributed by atoms with E-state index in [1.54, 1.807) is 13.2 Å². The van der Waals surface area contributed by atoms with Gasteiger partial charge in [-0.1, -0.05) is 18.7 Å². The van der Waals surface area contributed by atoms with Gasteiger partial charge in [0.15, 0.2) is 23.0 Å². The number of rotatable bonds is 5. The van der Waals surface area contributed by atoms with Crippen LogP contribution in [0.4, 0.5) is 0 Å². The topological polar surface area (TPSA) is 108 Å². The smallest absolute Gasteiger partial charge is 0.231 e. The van der Waals surface area contributed by atoms with Crippen molar-refractivity contribution < 1.29 is 29.2 Å². The number of methoxy groups -OCH3 is 1. The number of aliphatic hydroxyl groups excluding tert-OH is 1. The van der Waals surface area contributed by atoms with Gasteiger partial charge in [-0.2, -0.15) is 5.26 Å². The summed E-state index contributed by atoms with van der Waals surface area (Å²) in [4.78, 5) is 4.36. The number of ether oxygens (including phenoxy) is 4. The van der Waals surface area contributed by atoms with Gasteiger partial charge in [-0.3, -0.25) is 9.80 Å². The number of aromatic hydroxyl groups is 1. The summed E-state index contributed by atoms with van der Waals surface area (Å²) in [5.74, 6) is 2.54. The van der Waals surface area contributed by atoms with E-state index in [9.17, 15) is 15.5 Å². The molecule has 4 aliphatic rings. The summed E-state index contributed by atoms with van der Waals surface area (Å²) in [5.41, 5.74) is 5.31. The number of aryl methyl sites for hydroxylation is 1. The van der Waals surface area contributed by atoms with Crippen LogP contribution in [0, 0.1) is 25.2 Å². The Morgan fingerprint density at radius 3 is 2.63 bits per heavy atom. The first-order chi connectivity index (χ1) is 18.4. The lowest BCUT2D eigenvalue weighted by Gasteiger charge is -2.59. The number of hydrogen-bond acceptors (Lipinski definition) is 9. The number of benzene rings is 2. The molecular formula is C29H33N3O6. The van der Waals surface area contributed by atoms with Crippen molar-refractivity contribution in [3.63, 3.8) is 0 Å². The van der Waals surface area contributed by atoms with Crippen LogP contribution in [-0.4, -0.2) is 72.3 Å². The standard InChI is InChI=1S/C29H33N3O6/c1-6-7-36-27-15(3)28-29(38-13-37-28)23-17(27)10-19-24-22-16(8-14(2)26(35-5)25(22)34)9-18(31(24)4)20(11-30)32(19)21(23)12-33/h6,8,18-21,24,33-34H,1,7,9-10,12-13H2,2-5H3/t18-,19?,20-,21-,24?/m0/s1. The van der Waals surface area contributed by atoms with Crippen LogP contribution in [0.3, 0.4) is 0 Å². The summed E-state index contributed by atoms with van der Waals surface area (Å²) in [6.45, 7) is 7.88. The van der Waals surface area contributed by atoms with Crippen LogP contribution in [0.25, 0.3) is 0 Å². The zero-order valence-electron chi connectivity index (χ0n) is 22.2. The molecule has 0 amide bonds. The molecule has 0 saturated carbocycles. The van der Waals surface area contributed by atoms with Crippen LogP contribution in [0.2, 0.25) is 0 Å². The highest BCUT2D eigenvalue weighted by atomic mass is 16.7. The van der Waals surface area contributed by atoms with Gasteiger partial charge in [0.1, 0.15) is 18.4 Å². The highest BCUT2D eigenvalue weighted by Crippen LogP contribution is 2.58. The van der Waals surface area contributed by atoms with E-state index in [1.165, 1.54) is 0 Å². The molecule has 4 aliphatic heterocycles. The summed E-state index contributed by atoms with van der Waals surface area (Å²) in [7, 11) is 3.59. The summed E-state index contributed by atoms with van der Waals surface area (Å²) in [6, 6.07) is 3.06. The van der Waals surface area contributed by atoms with E-state index >= 15 is 0 Å². The fraction of sp³-hybridized carbons (Fsp3) is 0.483. The maximum atomic E-state index is 11.5. The maximum Gasteiger partial charge on any atom is 0.231 e. The number of likely N-dealkylation sites (N-methyl/N-ethyl adjacent to an activating group) is 1. The van der Waals surface area contributed by atoms with Gasteiger partial charge in [0, 0.05) is 34.3 Å². The Balaban J connectivity index is 1.60. The largest absolute Gasteiger partial charge is 0.504 e. The Morgan fingerprint density at radius 2 is 1.95 bits per heavy atom. The first-order valence-electron chi connectivity index (χ1n) is 13.0. The number of nitrogens with zero attached hydrogens (tertiary/aromatic N) is 3. The molecule has 1 saturated heterocycles. The lowest BCUT2D eigenvalue weighted by molar-refractivity contribution is -0.0825. The van der Waals surface area contributed by atoms with Crippen LogP contribution in [0.5, 0.6) is 28.7 Å². The van der Waals surface area contributed by atoms with E-state index in [1.807, 2.05) is 20.9 Å². The molecule has 0 spiro atoms. The van der Waals surface area contributed by atoms with Crippen LogP contribution in [-0.2, 0) is 12.8 Å². The second kappa shape index (κ2) is 9.09. The number of phenolic OH excluding ortho intramolecular Hbond substituents is 1. The number of aliphatic hydroxyl groups is 1. The van der Waals surface area contributed by atoms with Crippen molar-refractivity contribution in [1.82, 2.24) is 9.80 Å². The van der Waals surface area contributed by atoms with Crippen molar-refractivity contribution in [2.24, 2.45) is 0 Å². The third kappa shape index (κ3) is 3.20. The average Bonchev–Trinajstić information content (AvgIpc) is 3.39. The fourth-order valence-corrected chi connectivity index (χ4v) is 7.34. The zero-order chi connectivity index (χ0) is 26.9. The first-order valence-corrected chi connectivity index (χ1v) is 13.0. The number of nitriles is 1. The molecule has 2 aromatic carbocycles. The van der Waals surface area contributed by atoms with Gasteiger partial charge >= 0.3 is 0 Å². The minimum absolute atomic E-state index is 0.0885. The molecule has 2 N–H and O–H groups in total. The Bertz CT molecular complexity index is 1370. The number of hydrogen-bond donors (Lipinski definition) is 2. The first kappa shape index (κ1) is 24.9. The van der Waals surface area contributed by atoms with Crippen molar-refractivity contribution >= 4 is 0 Å². The van der Waals surface area contributed by atoms with E-state index in [0.717, 1.165) is 33.4 Å². The van der Waals surface area contributed by atoms with Crippen LogP contribution in [0.15, 0.2) is 18.7 Å². The van der Waals surface area contributed by atoms with E-state index in [0.29, 0.717) is 42.4 Å². The molecule has 4 heterocycles. The molecule has 38 heavy (non-hydrogen) atoms. The Kier molecular flexibility index (Phi) is 5.94. The van der Waals surface area contributed by atoms with E-state index in [4.69, 9.17) is 18.9 Å². The van der Waals surface area contributed by atoms with E-state index in [-0.39, 0.29) is 37.3 Å². The SMILES string of the molecule is C=CCOc1c(C)c2c(c3c1CC1C4c5c(cc(C)c(OC)c5O)C[C@@H]([C@H](C#N)N1[C@H]3CO)N4C)OCO2. The predicted molar refractivity (Wildman–Crippen MR) is 139 cm³/mol. The maximum absolute atomic E-state index is 11.5. The third-order valence-corrected chi connectivity index (χ3v) is 8.78. The van der Waals surface area contributed by atoms with Crippen molar-refractivity contribution in [3.05, 3.63) is 52.1 Å². The molecule has 2 unspecified atom stereocenters.